The molecular weight excluding hydrogens is 502 g/mol. The van der Waals surface area contributed by atoms with E-state index in [1.165, 1.54) is 31.3 Å². The maximum absolute atomic E-state index is 14.8. The van der Waals surface area contributed by atoms with Gasteiger partial charge in [-0.2, -0.15) is 0 Å². The van der Waals surface area contributed by atoms with Gasteiger partial charge in [0.1, 0.15) is 23.0 Å². The molecule has 3 aromatic carbocycles. The highest BCUT2D eigenvalue weighted by Crippen LogP contribution is 2.39. The number of halogens is 2. The largest absolute Gasteiger partial charge is 0.455 e. The average molecular weight is 533 g/mol. The molecule has 0 spiro atoms. The van der Waals surface area contributed by atoms with Gasteiger partial charge in [0.05, 0.1) is 17.2 Å². The summed E-state index contributed by atoms with van der Waals surface area (Å²) < 4.78 is 34.6. The van der Waals surface area contributed by atoms with Crippen LogP contribution >= 0.6 is 0 Å². The van der Waals surface area contributed by atoms with Gasteiger partial charge in [-0.05, 0) is 91.4 Å². The average Bonchev–Trinajstić information content (AvgIpc) is 3.26. The second-order valence-corrected chi connectivity index (χ2v) is 10.4. The Morgan fingerprint density at radius 3 is 2.36 bits per heavy atom. The van der Waals surface area contributed by atoms with Crippen LogP contribution in [0.15, 0.2) is 59.0 Å². The van der Waals surface area contributed by atoms with E-state index < -0.39 is 29.2 Å². The van der Waals surface area contributed by atoms with Crippen LogP contribution in [-0.2, 0) is 6.42 Å². The van der Waals surface area contributed by atoms with Crippen LogP contribution < -0.4 is 10.6 Å². The van der Waals surface area contributed by atoms with E-state index in [0.29, 0.717) is 52.7 Å². The van der Waals surface area contributed by atoms with E-state index in [1.807, 2.05) is 26.0 Å². The fourth-order valence-electron chi connectivity index (χ4n) is 5.38. The summed E-state index contributed by atoms with van der Waals surface area (Å²) >= 11 is 0. The van der Waals surface area contributed by atoms with E-state index in [0.717, 1.165) is 17.5 Å². The third-order valence-electron chi connectivity index (χ3n) is 7.30. The third-order valence-corrected chi connectivity index (χ3v) is 7.30. The lowest BCUT2D eigenvalue weighted by atomic mass is 9.76. The molecule has 0 bridgehead atoms. The van der Waals surface area contributed by atoms with Gasteiger partial charge in [-0.15, -0.1) is 0 Å². The number of benzene rings is 3. The molecular formula is C31H30F2N2O4. The summed E-state index contributed by atoms with van der Waals surface area (Å²) in [4.78, 5) is 26.0. The van der Waals surface area contributed by atoms with E-state index >= 15 is 0 Å². The van der Waals surface area contributed by atoms with Gasteiger partial charge in [0, 0.05) is 23.5 Å². The van der Waals surface area contributed by atoms with Crippen molar-refractivity contribution in [2.75, 3.05) is 7.05 Å². The van der Waals surface area contributed by atoms with Crippen molar-refractivity contribution in [2.45, 2.75) is 51.2 Å². The van der Waals surface area contributed by atoms with Crippen molar-refractivity contribution >= 4 is 22.8 Å². The molecule has 1 aromatic heterocycles. The number of furan rings is 1. The number of aliphatic hydroxyl groups excluding tert-OH is 1. The molecule has 8 heteroatoms. The van der Waals surface area contributed by atoms with E-state index in [1.54, 1.807) is 18.2 Å². The summed E-state index contributed by atoms with van der Waals surface area (Å²) in [5.41, 5.74) is 2.97. The lowest BCUT2D eigenvalue weighted by Crippen LogP contribution is -2.57. The van der Waals surface area contributed by atoms with Crippen molar-refractivity contribution in [2.24, 2.45) is 0 Å². The molecule has 0 radical (unpaired) electrons. The van der Waals surface area contributed by atoms with Gasteiger partial charge in [0.2, 0.25) is 0 Å². The maximum Gasteiger partial charge on any atom is 0.255 e. The highest BCUT2D eigenvalue weighted by Gasteiger charge is 2.40. The highest BCUT2D eigenvalue weighted by atomic mass is 19.1. The summed E-state index contributed by atoms with van der Waals surface area (Å²) in [6.07, 6.45) is 1.86. The van der Waals surface area contributed by atoms with Gasteiger partial charge in [0.25, 0.3) is 11.8 Å². The predicted molar refractivity (Wildman–Crippen MR) is 145 cm³/mol. The summed E-state index contributed by atoms with van der Waals surface area (Å²) in [5, 5.41) is 15.7. The van der Waals surface area contributed by atoms with Crippen LogP contribution in [0.4, 0.5) is 8.78 Å². The predicted octanol–water partition coefficient (Wildman–Crippen LogP) is 6.00. The van der Waals surface area contributed by atoms with E-state index in [2.05, 4.69) is 10.6 Å². The fourth-order valence-corrected chi connectivity index (χ4v) is 5.38. The van der Waals surface area contributed by atoms with Crippen molar-refractivity contribution in [3.8, 4) is 22.5 Å². The van der Waals surface area contributed by atoms with Crippen LogP contribution in [0, 0.1) is 11.6 Å². The highest BCUT2D eigenvalue weighted by molar-refractivity contribution is 6.12. The minimum absolute atomic E-state index is 0.0941. The minimum Gasteiger partial charge on any atom is -0.455 e. The van der Waals surface area contributed by atoms with Crippen LogP contribution in [0.1, 0.15) is 59.4 Å². The summed E-state index contributed by atoms with van der Waals surface area (Å²) in [5.74, 6) is -1.64. The zero-order valence-electron chi connectivity index (χ0n) is 22.0. The zero-order valence-corrected chi connectivity index (χ0v) is 22.0. The molecule has 1 aliphatic carbocycles. The first-order valence-electron chi connectivity index (χ1n) is 13.0. The first-order chi connectivity index (χ1) is 18.6. The van der Waals surface area contributed by atoms with Crippen LogP contribution in [0.25, 0.3) is 33.4 Å². The molecule has 0 atom stereocenters. The van der Waals surface area contributed by atoms with Gasteiger partial charge in [0.15, 0.2) is 0 Å². The van der Waals surface area contributed by atoms with Gasteiger partial charge >= 0.3 is 0 Å². The maximum atomic E-state index is 14.8. The Morgan fingerprint density at radius 2 is 1.72 bits per heavy atom. The lowest BCUT2D eigenvalue weighted by Gasteiger charge is -2.43. The van der Waals surface area contributed by atoms with Crippen molar-refractivity contribution < 1.29 is 27.9 Å². The molecule has 1 fully saturated rings. The standard InChI is InChI=1S/C31H30F2N2O4/c1-4-5-18-13-26-24(27(30(38)34-3)28(39-26)17-6-9-20(32)10-7-17)14-22(18)19-8-11-25(33)23(12-19)29(37)35-31(2)15-21(36)16-31/h6-14,21,36H,4-5,15-16H2,1-3H3,(H,34,38)(H,35,37). The Balaban J connectivity index is 1.64. The smallest absolute Gasteiger partial charge is 0.255 e. The SMILES string of the molecule is CCCc1cc2oc(-c3ccc(F)cc3)c(C(=O)NC)c2cc1-c1ccc(F)c(C(=O)NC2(C)CC(O)C2)c1. The number of carbonyl (C=O) groups excluding carboxylic acids is 2. The molecule has 39 heavy (non-hydrogen) atoms. The Bertz CT molecular complexity index is 1570. The van der Waals surface area contributed by atoms with Crippen LogP contribution in [-0.4, -0.2) is 35.6 Å². The second-order valence-electron chi connectivity index (χ2n) is 10.4. The topological polar surface area (TPSA) is 91.6 Å². The summed E-state index contributed by atoms with van der Waals surface area (Å²) in [7, 11) is 1.52. The Morgan fingerprint density at radius 1 is 1.03 bits per heavy atom. The molecule has 0 unspecified atom stereocenters. The van der Waals surface area contributed by atoms with Crippen molar-refractivity contribution in [1.82, 2.24) is 10.6 Å². The Hall–Kier alpha value is -4.04. The summed E-state index contributed by atoms with van der Waals surface area (Å²) in [6, 6.07) is 13.8. The van der Waals surface area contributed by atoms with Gasteiger partial charge in [-0.25, -0.2) is 8.78 Å². The molecule has 1 heterocycles. The quantitative estimate of drug-likeness (QED) is 0.272. The number of aliphatic hydroxyl groups is 1. The first-order valence-corrected chi connectivity index (χ1v) is 13.0. The Labute approximate surface area is 225 Å². The van der Waals surface area contributed by atoms with Crippen molar-refractivity contribution in [3.63, 3.8) is 0 Å². The van der Waals surface area contributed by atoms with E-state index in [4.69, 9.17) is 4.42 Å². The number of carbonyl (C=O) groups is 2. The molecule has 0 aliphatic heterocycles. The van der Waals surface area contributed by atoms with Crippen LogP contribution in [0.2, 0.25) is 0 Å². The number of fused-ring (bicyclic) bond motifs is 1. The minimum atomic E-state index is -0.647. The molecule has 6 nitrogen and oxygen atoms in total. The van der Waals surface area contributed by atoms with Crippen molar-refractivity contribution in [3.05, 3.63) is 82.9 Å². The number of amides is 2. The number of rotatable bonds is 7. The lowest BCUT2D eigenvalue weighted by molar-refractivity contribution is 0.0127. The molecule has 4 aromatic rings. The van der Waals surface area contributed by atoms with Gasteiger partial charge in [-0.3, -0.25) is 9.59 Å². The number of aryl methyl sites for hydroxylation is 1. The van der Waals surface area contributed by atoms with Gasteiger partial charge < -0.3 is 20.2 Å². The monoisotopic (exact) mass is 532 g/mol. The molecule has 3 N–H and O–H groups in total. The van der Waals surface area contributed by atoms with Crippen molar-refractivity contribution in [1.29, 1.82) is 0 Å². The Kier molecular flexibility index (Phi) is 6.99. The van der Waals surface area contributed by atoms with Crippen LogP contribution in [0.5, 0.6) is 0 Å². The first kappa shape index (κ1) is 26.6. The molecule has 2 amide bonds. The normalized spacial score (nSPS) is 18.6. The van der Waals surface area contributed by atoms with E-state index in [-0.39, 0.29) is 11.5 Å². The zero-order chi connectivity index (χ0) is 27.9. The number of hydrogen-bond donors (Lipinski definition) is 3. The molecule has 1 saturated carbocycles. The summed E-state index contributed by atoms with van der Waals surface area (Å²) in [6.45, 7) is 3.86. The number of nitrogens with one attached hydrogen (secondary N) is 2. The fraction of sp³-hybridized carbons (Fsp3) is 0.290. The number of hydrogen-bond acceptors (Lipinski definition) is 4. The van der Waals surface area contributed by atoms with Crippen LogP contribution in [0.3, 0.4) is 0 Å². The van der Waals surface area contributed by atoms with E-state index in [9.17, 15) is 23.5 Å². The molecule has 0 saturated heterocycles. The third kappa shape index (κ3) is 5.04. The van der Waals surface area contributed by atoms with Gasteiger partial charge in [-0.1, -0.05) is 19.4 Å². The molecule has 1 aliphatic rings. The molecule has 5 rings (SSSR count). The second kappa shape index (κ2) is 10.3. The molecule has 202 valence electrons.